The van der Waals surface area contributed by atoms with Crippen LogP contribution >= 0.6 is 23.4 Å². The summed E-state index contributed by atoms with van der Waals surface area (Å²) in [5.74, 6) is -0.884. The standard InChI is InChI=1S/C17H15ClN2O4S/c1-17(15(22)19-10-5-3-4-6-14(10)25-17)16(23)20-11-8-12(21)9(18)7-13(11)24-2/h3-8,21H,1-2H3,(H,19,22)(H,20,23). The Bertz CT molecular complexity index is 874. The molecule has 25 heavy (non-hydrogen) atoms. The van der Waals surface area contributed by atoms with Crippen LogP contribution in [-0.2, 0) is 9.59 Å². The number of methoxy groups -OCH3 is 1. The second-order valence-corrected chi connectivity index (χ2v) is 7.41. The molecule has 1 atom stereocenters. The van der Waals surface area contributed by atoms with Crippen molar-refractivity contribution in [3.63, 3.8) is 0 Å². The van der Waals surface area contributed by atoms with E-state index in [-0.39, 0.29) is 22.2 Å². The van der Waals surface area contributed by atoms with E-state index in [0.29, 0.717) is 5.69 Å². The number of hydrogen-bond acceptors (Lipinski definition) is 5. The lowest BCUT2D eigenvalue weighted by Gasteiger charge is -2.32. The van der Waals surface area contributed by atoms with Gasteiger partial charge in [-0.15, -0.1) is 0 Å². The monoisotopic (exact) mass is 378 g/mol. The number of thioether (sulfide) groups is 1. The number of benzene rings is 2. The third-order valence-electron chi connectivity index (χ3n) is 3.83. The Kier molecular flexibility index (Phi) is 4.53. The van der Waals surface area contributed by atoms with E-state index in [4.69, 9.17) is 16.3 Å². The Hall–Kier alpha value is -2.38. The molecule has 2 aromatic carbocycles. The van der Waals surface area contributed by atoms with Crippen LogP contribution in [0.2, 0.25) is 5.02 Å². The molecule has 1 aliphatic rings. The number of nitrogens with one attached hydrogen (secondary N) is 2. The lowest BCUT2D eigenvalue weighted by Crippen LogP contribution is -2.49. The molecule has 1 unspecified atom stereocenters. The van der Waals surface area contributed by atoms with Crippen molar-refractivity contribution in [1.82, 2.24) is 0 Å². The average molecular weight is 379 g/mol. The number of aromatic hydroxyl groups is 1. The average Bonchev–Trinajstić information content (AvgIpc) is 2.58. The number of carbonyl (C=O) groups is 2. The van der Waals surface area contributed by atoms with Crippen LogP contribution < -0.4 is 15.4 Å². The number of anilines is 2. The predicted molar refractivity (Wildman–Crippen MR) is 97.6 cm³/mol. The van der Waals surface area contributed by atoms with Crippen LogP contribution in [-0.4, -0.2) is 28.8 Å². The first-order valence-electron chi connectivity index (χ1n) is 7.32. The van der Waals surface area contributed by atoms with Gasteiger partial charge in [-0.05, 0) is 19.1 Å². The van der Waals surface area contributed by atoms with Gasteiger partial charge in [0.1, 0.15) is 11.5 Å². The minimum Gasteiger partial charge on any atom is -0.506 e. The van der Waals surface area contributed by atoms with Gasteiger partial charge in [0.25, 0.3) is 0 Å². The van der Waals surface area contributed by atoms with E-state index in [1.807, 2.05) is 18.2 Å². The van der Waals surface area contributed by atoms with E-state index in [2.05, 4.69) is 10.6 Å². The Balaban J connectivity index is 1.91. The van der Waals surface area contributed by atoms with Gasteiger partial charge in [0.05, 0.1) is 23.5 Å². The molecule has 3 N–H and O–H groups in total. The number of para-hydroxylation sites is 1. The van der Waals surface area contributed by atoms with Crippen molar-refractivity contribution in [2.24, 2.45) is 0 Å². The van der Waals surface area contributed by atoms with Crippen molar-refractivity contribution >= 4 is 46.6 Å². The van der Waals surface area contributed by atoms with Crippen LogP contribution in [0.5, 0.6) is 11.5 Å². The quantitative estimate of drug-likeness (QED) is 0.711. The second-order valence-electron chi connectivity index (χ2n) is 5.54. The first kappa shape index (κ1) is 17.4. The normalized spacial score (nSPS) is 18.9. The molecule has 0 radical (unpaired) electrons. The van der Waals surface area contributed by atoms with Gasteiger partial charge < -0.3 is 20.5 Å². The summed E-state index contributed by atoms with van der Waals surface area (Å²) in [7, 11) is 1.42. The zero-order valence-electron chi connectivity index (χ0n) is 13.4. The molecule has 2 amide bonds. The molecule has 0 spiro atoms. The molecule has 130 valence electrons. The van der Waals surface area contributed by atoms with Gasteiger partial charge in [-0.3, -0.25) is 9.59 Å². The van der Waals surface area contributed by atoms with Gasteiger partial charge in [0.15, 0.2) is 4.75 Å². The summed E-state index contributed by atoms with van der Waals surface area (Å²) in [5, 5.41) is 15.2. The van der Waals surface area contributed by atoms with Crippen LogP contribution in [0.4, 0.5) is 11.4 Å². The third kappa shape index (κ3) is 3.12. The molecule has 8 heteroatoms. The van der Waals surface area contributed by atoms with Crippen LogP contribution in [0.15, 0.2) is 41.3 Å². The zero-order valence-corrected chi connectivity index (χ0v) is 15.0. The summed E-state index contributed by atoms with van der Waals surface area (Å²) in [5.41, 5.74) is 0.896. The van der Waals surface area contributed by atoms with E-state index in [9.17, 15) is 14.7 Å². The maximum Gasteiger partial charge on any atom is 0.250 e. The SMILES string of the molecule is COc1cc(Cl)c(O)cc1NC(=O)C1(C)Sc2ccccc2NC1=O. The van der Waals surface area contributed by atoms with Gasteiger partial charge in [0, 0.05) is 17.0 Å². The molecular formula is C17H15ClN2O4S. The van der Waals surface area contributed by atoms with Crippen LogP contribution in [0, 0.1) is 0 Å². The van der Waals surface area contributed by atoms with Gasteiger partial charge in [-0.1, -0.05) is 35.5 Å². The molecule has 3 rings (SSSR count). The van der Waals surface area contributed by atoms with Crippen molar-refractivity contribution in [3.8, 4) is 11.5 Å². The molecular weight excluding hydrogens is 364 g/mol. The minimum absolute atomic E-state index is 0.0970. The first-order chi connectivity index (χ1) is 11.8. The number of phenols is 1. The fourth-order valence-electron chi connectivity index (χ4n) is 2.37. The van der Waals surface area contributed by atoms with Gasteiger partial charge >= 0.3 is 0 Å². The van der Waals surface area contributed by atoms with E-state index in [0.717, 1.165) is 16.7 Å². The van der Waals surface area contributed by atoms with Crippen molar-refractivity contribution in [2.45, 2.75) is 16.6 Å². The van der Waals surface area contributed by atoms with Gasteiger partial charge in [-0.25, -0.2) is 0 Å². The fourth-order valence-corrected chi connectivity index (χ4v) is 3.62. The number of ether oxygens (including phenoxy) is 1. The molecule has 0 aromatic heterocycles. The fraction of sp³-hybridized carbons (Fsp3) is 0.176. The molecule has 6 nitrogen and oxygen atoms in total. The molecule has 1 heterocycles. The Morgan fingerprint density at radius 1 is 1.36 bits per heavy atom. The maximum absolute atomic E-state index is 12.8. The van der Waals surface area contributed by atoms with E-state index in [1.165, 1.54) is 19.2 Å². The summed E-state index contributed by atoms with van der Waals surface area (Å²) in [4.78, 5) is 26.1. The topological polar surface area (TPSA) is 87.7 Å². The third-order valence-corrected chi connectivity index (χ3v) is 5.49. The van der Waals surface area contributed by atoms with Crippen molar-refractivity contribution in [1.29, 1.82) is 0 Å². The van der Waals surface area contributed by atoms with Crippen molar-refractivity contribution < 1.29 is 19.4 Å². The highest BCUT2D eigenvalue weighted by molar-refractivity contribution is 8.02. The molecule has 0 saturated carbocycles. The molecule has 0 saturated heterocycles. The zero-order chi connectivity index (χ0) is 18.2. The van der Waals surface area contributed by atoms with Crippen molar-refractivity contribution in [2.75, 3.05) is 17.7 Å². The lowest BCUT2D eigenvalue weighted by atomic mass is 10.1. The maximum atomic E-state index is 12.8. The van der Waals surface area contributed by atoms with E-state index in [1.54, 1.807) is 13.0 Å². The summed E-state index contributed by atoms with van der Waals surface area (Å²) < 4.78 is 3.79. The number of fused-ring (bicyclic) bond motifs is 1. The number of phenolic OH excluding ortho intramolecular Hbond substituents is 1. The highest BCUT2D eigenvalue weighted by atomic mass is 35.5. The first-order valence-corrected chi connectivity index (χ1v) is 8.52. The van der Waals surface area contributed by atoms with Crippen LogP contribution in [0.25, 0.3) is 0 Å². The van der Waals surface area contributed by atoms with E-state index >= 15 is 0 Å². The molecule has 0 fully saturated rings. The summed E-state index contributed by atoms with van der Waals surface area (Å²) >= 11 is 7.01. The summed E-state index contributed by atoms with van der Waals surface area (Å²) in [6.45, 7) is 1.54. The summed E-state index contributed by atoms with van der Waals surface area (Å²) in [6, 6.07) is 9.92. The second kappa shape index (κ2) is 6.50. The largest absolute Gasteiger partial charge is 0.506 e. The van der Waals surface area contributed by atoms with Crippen LogP contribution in [0.3, 0.4) is 0 Å². The Morgan fingerprint density at radius 3 is 2.80 bits per heavy atom. The number of amides is 2. The molecule has 2 aromatic rings. The number of halogens is 1. The van der Waals surface area contributed by atoms with Gasteiger partial charge in [0.2, 0.25) is 11.8 Å². The van der Waals surface area contributed by atoms with Crippen molar-refractivity contribution in [3.05, 3.63) is 41.4 Å². The Morgan fingerprint density at radius 2 is 2.08 bits per heavy atom. The lowest BCUT2D eigenvalue weighted by molar-refractivity contribution is -0.126. The predicted octanol–water partition coefficient (Wildman–Crippen LogP) is 3.50. The van der Waals surface area contributed by atoms with E-state index < -0.39 is 16.6 Å². The minimum atomic E-state index is -1.38. The molecule has 0 bridgehead atoms. The van der Waals surface area contributed by atoms with Crippen LogP contribution in [0.1, 0.15) is 6.92 Å². The number of hydrogen-bond donors (Lipinski definition) is 3. The highest BCUT2D eigenvalue weighted by Gasteiger charge is 2.46. The summed E-state index contributed by atoms with van der Waals surface area (Å²) in [6.07, 6.45) is 0. The molecule has 1 aliphatic heterocycles. The number of rotatable bonds is 3. The van der Waals surface area contributed by atoms with Gasteiger partial charge in [-0.2, -0.15) is 0 Å². The smallest absolute Gasteiger partial charge is 0.250 e. The highest BCUT2D eigenvalue weighted by Crippen LogP contribution is 2.43. The molecule has 0 aliphatic carbocycles. The number of carbonyl (C=O) groups excluding carboxylic acids is 2. The Labute approximate surface area is 153 Å².